The SMILES string of the molecule is CCc1cc(CC(CNC)C2CCS(=O)(=O)C2)n(C)n1. The van der Waals surface area contributed by atoms with E-state index in [1.54, 1.807) is 0 Å². The highest BCUT2D eigenvalue weighted by molar-refractivity contribution is 7.91. The molecule has 1 saturated heterocycles. The molecule has 2 unspecified atom stereocenters. The quantitative estimate of drug-likeness (QED) is 0.844. The van der Waals surface area contributed by atoms with E-state index >= 15 is 0 Å². The van der Waals surface area contributed by atoms with Gasteiger partial charge in [-0.05, 0) is 50.8 Å². The van der Waals surface area contributed by atoms with Gasteiger partial charge in [-0.1, -0.05) is 6.92 Å². The van der Waals surface area contributed by atoms with E-state index in [-0.39, 0.29) is 5.92 Å². The molecule has 1 fully saturated rings. The Hall–Kier alpha value is -0.880. The molecule has 1 aromatic heterocycles. The van der Waals surface area contributed by atoms with Crippen LogP contribution < -0.4 is 5.32 Å². The Bertz CT molecular complexity index is 551. The maximum atomic E-state index is 11.7. The molecule has 20 heavy (non-hydrogen) atoms. The van der Waals surface area contributed by atoms with E-state index in [0.29, 0.717) is 17.4 Å². The summed E-state index contributed by atoms with van der Waals surface area (Å²) in [5, 5.41) is 7.68. The fourth-order valence-electron chi connectivity index (χ4n) is 3.07. The van der Waals surface area contributed by atoms with Crippen molar-refractivity contribution in [1.29, 1.82) is 0 Å². The number of aromatic nitrogens is 2. The lowest BCUT2D eigenvalue weighted by Gasteiger charge is -2.22. The first-order chi connectivity index (χ1) is 9.45. The second-order valence-electron chi connectivity index (χ2n) is 5.79. The third-order valence-corrected chi connectivity index (χ3v) is 6.06. The maximum Gasteiger partial charge on any atom is 0.150 e. The van der Waals surface area contributed by atoms with Gasteiger partial charge >= 0.3 is 0 Å². The lowest BCUT2D eigenvalue weighted by molar-refractivity contribution is 0.345. The van der Waals surface area contributed by atoms with Gasteiger partial charge in [-0.3, -0.25) is 4.68 Å². The average Bonchev–Trinajstić information content (AvgIpc) is 2.92. The van der Waals surface area contributed by atoms with Crippen LogP contribution >= 0.6 is 0 Å². The summed E-state index contributed by atoms with van der Waals surface area (Å²) in [6.45, 7) is 2.95. The van der Waals surface area contributed by atoms with E-state index < -0.39 is 9.84 Å². The minimum absolute atomic E-state index is 0.271. The van der Waals surface area contributed by atoms with Crippen LogP contribution in [0.4, 0.5) is 0 Å². The highest BCUT2D eigenvalue weighted by atomic mass is 32.2. The van der Waals surface area contributed by atoms with E-state index in [1.807, 2.05) is 18.8 Å². The standard InChI is InChI=1S/C14H25N3O2S/c1-4-13-8-14(17(3)16-13)7-12(9-15-2)11-5-6-20(18,19)10-11/h8,11-12,15H,4-7,9-10H2,1-3H3. The van der Waals surface area contributed by atoms with Gasteiger partial charge in [0, 0.05) is 12.7 Å². The van der Waals surface area contributed by atoms with Gasteiger partial charge in [0.2, 0.25) is 0 Å². The number of nitrogens with zero attached hydrogens (tertiary/aromatic N) is 2. The van der Waals surface area contributed by atoms with Crippen molar-refractivity contribution in [3.63, 3.8) is 0 Å². The molecule has 1 aliphatic rings. The van der Waals surface area contributed by atoms with Gasteiger partial charge in [-0.2, -0.15) is 5.10 Å². The van der Waals surface area contributed by atoms with Crippen LogP contribution in [0, 0.1) is 11.8 Å². The van der Waals surface area contributed by atoms with Crippen LogP contribution in [0.1, 0.15) is 24.7 Å². The molecule has 0 amide bonds. The molecule has 2 atom stereocenters. The first kappa shape index (κ1) is 15.5. The van der Waals surface area contributed by atoms with E-state index in [2.05, 4.69) is 23.4 Å². The lowest BCUT2D eigenvalue weighted by Crippen LogP contribution is -2.29. The molecule has 0 aromatic carbocycles. The summed E-state index contributed by atoms with van der Waals surface area (Å²) in [4.78, 5) is 0. The molecule has 0 spiro atoms. The number of hydrogen-bond acceptors (Lipinski definition) is 4. The normalized spacial score (nSPS) is 23.1. The summed E-state index contributed by atoms with van der Waals surface area (Å²) in [5.74, 6) is 1.33. The van der Waals surface area contributed by atoms with Gasteiger partial charge in [-0.25, -0.2) is 8.42 Å². The lowest BCUT2D eigenvalue weighted by atomic mass is 9.87. The Balaban J connectivity index is 2.11. The van der Waals surface area contributed by atoms with Crippen molar-refractivity contribution >= 4 is 9.84 Å². The minimum atomic E-state index is -2.81. The summed E-state index contributed by atoms with van der Waals surface area (Å²) < 4.78 is 25.3. The Morgan fingerprint density at radius 1 is 1.55 bits per heavy atom. The van der Waals surface area contributed by atoms with Crippen molar-refractivity contribution in [1.82, 2.24) is 15.1 Å². The van der Waals surface area contributed by atoms with Crippen LogP contribution in [0.15, 0.2) is 6.07 Å². The van der Waals surface area contributed by atoms with Crippen LogP contribution in [-0.4, -0.2) is 43.3 Å². The Kier molecular flexibility index (Phi) is 4.86. The Morgan fingerprint density at radius 2 is 2.30 bits per heavy atom. The Labute approximate surface area is 121 Å². The third-order valence-electron chi connectivity index (χ3n) is 4.26. The van der Waals surface area contributed by atoms with Gasteiger partial charge in [0.1, 0.15) is 0 Å². The summed E-state index contributed by atoms with van der Waals surface area (Å²) in [5.41, 5.74) is 2.30. The fraction of sp³-hybridized carbons (Fsp3) is 0.786. The molecule has 1 N–H and O–H groups in total. The highest BCUT2D eigenvalue weighted by Crippen LogP contribution is 2.28. The van der Waals surface area contributed by atoms with E-state index in [9.17, 15) is 8.42 Å². The molecule has 0 bridgehead atoms. The molecule has 1 aromatic rings. The van der Waals surface area contributed by atoms with Crippen LogP contribution in [-0.2, 0) is 29.7 Å². The highest BCUT2D eigenvalue weighted by Gasteiger charge is 2.33. The van der Waals surface area contributed by atoms with Crippen molar-refractivity contribution in [3.8, 4) is 0 Å². The minimum Gasteiger partial charge on any atom is -0.319 e. The molecule has 1 aliphatic heterocycles. The smallest absolute Gasteiger partial charge is 0.150 e. The second-order valence-corrected chi connectivity index (χ2v) is 8.02. The summed E-state index contributed by atoms with van der Waals surface area (Å²) in [6, 6.07) is 2.14. The van der Waals surface area contributed by atoms with Crippen LogP contribution in [0.3, 0.4) is 0 Å². The zero-order valence-electron chi connectivity index (χ0n) is 12.6. The molecule has 114 valence electrons. The predicted octanol–water partition coefficient (Wildman–Crippen LogP) is 0.795. The number of rotatable bonds is 6. The fourth-order valence-corrected chi connectivity index (χ4v) is 4.99. The van der Waals surface area contributed by atoms with Crippen molar-refractivity contribution in [2.24, 2.45) is 18.9 Å². The largest absolute Gasteiger partial charge is 0.319 e. The van der Waals surface area contributed by atoms with Crippen molar-refractivity contribution < 1.29 is 8.42 Å². The zero-order chi connectivity index (χ0) is 14.8. The molecule has 2 rings (SSSR count). The molecule has 5 nitrogen and oxygen atoms in total. The van der Waals surface area contributed by atoms with Crippen LogP contribution in [0.2, 0.25) is 0 Å². The predicted molar refractivity (Wildman–Crippen MR) is 80.5 cm³/mol. The molecule has 6 heteroatoms. The Morgan fingerprint density at radius 3 is 2.80 bits per heavy atom. The maximum absolute atomic E-state index is 11.7. The molecule has 2 heterocycles. The van der Waals surface area contributed by atoms with Crippen LogP contribution in [0.25, 0.3) is 0 Å². The zero-order valence-corrected chi connectivity index (χ0v) is 13.4. The first-order valence-corrected chi connectivity index (χ1v) is 9.14. The van der Waals surface area contributed by atoms with Crippen molar-refractivity contribution in [2.45, 2.75) is 26.2 Å². The summed E-state index contributed by atoms with van der Waals surface area (Å²) in [7, 11) is 1.09. The van der Waals surface area contributed by atoms with Crippen LogP contribution in [0.5, 0.6) is 0 Å². The van der Waals surface area contributed by atoms with Gasteiger partial charge in [0.15, 0.2) is 9.84 Å². The number of nitrogens with one attached hydrogen (secondary N) is 1. The molecule has 0 radical (unpaired) electrons. The summed E-state index contributed by atoms with van der Waals surface area (Å²) >= 11 is 0. The number of sulfone groups is 1. The van der Waals surface area contributed by atoms with Gasteiger partial charge in [0.05, 0.1) is 17.2 Å². The molecular weight excluding hydrogens is 274 g/mol. The van der Waals surface area contributed by atoms with Gasteiger partial charge < -0.3 is 5.32 Å². The average molecular weight is 299 g/mol. The third kappa shape index (κ3) is 3.61. The molecule has 0 saturated carbocycles. The number of hydrogen-bond donors (Lipinski definition) is 1. The second kappa shape index (κ2) is 6.26. The van der Waals surface area contributed by atoms with E-state index in [4.69, 9.17) is 0 Å². The van der Waals surface area contributed by atoms with E-state index in [1.165, 1.54) is 5.69 Å². The number of aryl methyl sites for hydroxylation is 2. The molecule has 0 aliphatic carbocycles. The monoisotopic (exact) mass is 299 g/mol. The van der Waals surface area contributed by atoms with Gasteiger partial charge in [-0.15, -0.1) is 0 Å². The van der Waals surface area contributed by atoms with E-state index in [0.717, 1.165) is 31.5 Å². The topological polar surface area (TPSA) is 64.0 Å². The molecular formula is C14H25N3O2S. The van der Waals surface area contributed by atoms with Crippen molar-refractivity contribution in [3.05, 3.63) is 17.5 Å². The van der Waals surface area contributed by atoms with Gasteiger partial charge in [0.25, 0.3) is 0 Å². The first-order valence-electron chi connectivity index (χ1n) is 7.32. The summed E-state index contributed by atoms with van der Waals surface area (Å²) in [6.07, 6.45) is 2.63. The van der Waals surface area contributed by atoms with Crippen molar-refractivity contribution in [2.75, 3.05) is 25.1 Å².